The lowest BCUT2D eigenvalue weighted by Gasteiger charge is -2.36. The maximum Gasteiger partial charge on any atom is 0.279 e. The zero-order valence-electron chi connectivity index (χ0n) is 13.7. The largest absolute Gasteiger partial charge is 0.317 e. The van der Waals surface area contributed by atoms with Crippen molar-refractivity contribution in [3.63, 3.8) is 0 Å². The lowest BCUT2D eigenvalue weighted by molar-refractivity contribution is 0.386. The fourth-order valence-corrected chi connectivity index (χ4v) is 4.76. The van der Waals surface area contributed by atoms with Gasteiger partial charge < -0.3 is 5.32 Å². The quantitative estimate of drug-likeness (QED) is 0.597. The van der Waals surface area contributed by atoms with Gasteiger partial charge in [-0.25, -0.2) is 4.72 Å². The van der Waals surface area contributed by atoms with Crippen molar-refractivity contribution in [1.29, 1.82) is 0 Å². The van der Waals surface area contributed by atoms with E-state index in [0.717, 1.165) is 32.4 Å². The van der Waals surface area contributed by atoms with Gasteiger partial charge in [-0.1, -0.05) is 26.2 Å². The van der Waals surface area contributed by atoms with Gasteiger partial charge >= 0.3 is 0 Å². The topological polar surface area (TPSA) is 61.4 Å². The molecule has 126 valence electrons. The molecule has 0 bridgehead atoms. The SMILES string of the molecule is CCNCCCN(C)S(=O)(=O)NCC1(SC)CCCCC1. The molecular formula is C14H31N3O2S2. The van der Waals surface area contributed by atoms with Crippen LogP contribution >= 0.6 is 11.8 Å². The Morgan fingerprint density at radius 2 is 1.90 bits per heavy atom. The molecule has 1 rings (SSSR count). The highest BCUT2D eigenvalue weighted by molar-refractivity contribution is 8.00. The molecule has 0 aliphatic heterocycles. The summed E-state index contributed by atoms with van der Waals surface area (Å²) >= 11 is 1.81. The fraction of sp³-hybridized carbons (Fsp3) is 1.00. The number of hydrogen-bond donors (Lipinski definition) is 2. The third-order valence-corrected chi connectivity index (χ3v) is 7.19. The lowest BCUT2D eigenvalue weighted by atomic mass is 9.88. The number of rotatable bonds is 10. The van der Waals surface area contributed by atoms with Gasteiger partial charge in [0.2, 0.25) is 0 Å². The van der Waals surface area contributed by atoms with E-state index in [0.29, 0.717) is 13.1 Å². The van der Waals surface area contributed by atoms with E-state index in [4.69, 9.17) is 0 Å². The highest BCUT2D eigenvalue weighted by Gasteiger charge is 2.33. The van der Waals surface area contributed by atoms with Gasteiger partial charge in [0.25, 0.3) is 10.2 Å². The summed E-state index contributed by atoms with van der Waals surface area (Å²) in [5.41, 5.74) is 0. The molecule has 1 aliphatic rings. The molecule has 0 spiro atoms. The molecule has 7 heteroatoms. The van der Waals surface area contributed by atoms with Crippen LogP contribution in [0.3, 0.4) is 0 Å². The number of thioether (sulfide) groups is 1. The van der Waals surface area contributed by atoms with E-state index in [9.17, 15) is 8.42 Å². The van der Waals surface area contributed by atoms with Crippen molar-refractivity contribution in [1.82, 2.24) is 14.3 Å². The third kappa shape index (κ3) is 6.44. The normalized spacial score (nSPS) is 19.0. The molecule has 0 aromatic rings. The predicted molar refractivity (Wildman–Crippen MR) is 92.0 cm³/mol. The van der Waals surface area contributed by atoms with E-state index in [2.05, 4.69) is 16.3 Å². The van der Waals surface area contributed by atoms with Crippen molar-refractivity contribution in [2.24, 2.45) is 0 Å². The second-order valence-corrected chi connectivity index (χ2v) is 8.94. The van der Waals surface area contributed by atoms with Gasteiger partial charge in [0.15, 0.2) is 0 Å². The molecule has 0 amide bonds. The summed E-state index contributed by atoms with van der Waals surface area (Å²) in [6.07, 6.45) is 8.85. The summed E-state index contributed by atoms with van der Waals surface area (Å²) in [4.78, 5) is 0. The molecule has 2 N–H and O–H groups in total. The van der Waals surface area contributed by atoms with Gasteiger partial charge in [0, 0.05) is 24.9 Å². The molecule has 0 aromatic carbocycles. The average molecular weight is 338 g/mol. The summed E-state index contributed by atoms with van der Waals surface area (Å²) < 4.78 is 28.9. The molecule has 0 unspecified atom stereocenters. The summed E-state index contributed by atoms with van der Waals surface area (Å²) in [6.45, 7) is 4.92. The monoisotopic (exact) mass is 337 g/mol. The van der Waals surface area contributed by atoms with Crippen molar-refractivity contribution in [3.8, 4) is 0 Å². The Bertz CT molecular complexity index is 382. The van der Waals surface area contributed by atoms with E-state index in [1.807, 2.05) is 18.7 Å². The van der Waals surface area contributed by atoms with E-state index < -0.39 is 10.2 Å². The maximum atomic E-state index is 12.3. The number of nitrogens with zero attached hydrogens (tertiary/aromatic N) is 1. The standard InChI is InChI=1S/C14H31N3O2S2/c1-4-15-11-8-12-17(2)21(18,19)16-13-14(20-3)9-6-5-7-10-14/h15-16H,4-13H2,1-3H3. The number of hydrogen-bond acceptors (Lipinski definition) is 4. The van der Waals surface area contributed by atoms with Crippen LogP contribution in [0.25, 0.3) is 0 Å². The molecule has 0 heterocycles. The molecule has 1 fully saturated rings. The van der Waals surface area contributed by atoms with Crippen LogP contribution in [-0.4, -0.2) is 57.0 Å². The van der Waals surface area contributed by atoms with Gasteiger partial charge in [-0.3, -0.25) is 0 Å². The Balaban J connectivity index is 2.43. The first-order valence-electron chi connectivity index (χ1n) is 7.92. The smallest absolute Gasteiger partial charge is 0.279 e. The summed E-state index contributed by atoms with van der Waals surface area (Å²) in [7, 11) is -1.70. The minimum atomic E-state index is -3.35. The Labute approximate surface area is 134 Å². The summed E-state index contributed by atoms with van der Waals surface area (Å²) in [5, 5.41) is 3.21. The Morgan fingerprint density at radius 1 is 1.24 bits per heavy atom. The average Bonchev–Trinajstić information content (AvgIpc) is 2.50. The fourth-order valence-electron chi connectivity index (χ4n) is 2.71. The zero-order valence-corrected chi connectivity index (χ0v) is 15.3. The molecule has 0 radical (unpaired) electrons. The van der Waals surface area contributed by atoms with Crippen molar-refractivity contribution < 1.29 is 8.42 Å². The van der Waals surface area contributed by atoms with E-state index in [1.165, 1.54) is 23.6 Å². The Hall–Kier alpha value is 0.180. The maximum absolute atomic E-state index is 12.3. The molecule has 21 heavy (non-hydrogen) atoms. The minimum absolute atomic E-state index is 0.0932. The van der Waals surface area contributed by atoms with E-state index >= 15 is 0 Å². The molecule has 0 aromatic heterocycles. The first kappa shape index (κ1) is 19.2. The molecule has 5 nitrogen and oxygen atoms in total. The zero-order chi connectivity index (χ0) is 15.8. The third-order valence-electron chi connectivity index (χ3n) is 4.26. The van der Waals surface area contributed by atoms with Crippen molar-refractivity contribution in [2.45, 2.75) is 50.2 Å². The Morgan fingerprint density at radius 3 is 2.48 bits per heavy atom. The predicted octanol–water partition coefficient (Wildman–Crippen LogP) is 1.82. The Kier molecular flexibility index (Phi) is 8.56. The van der Waals surface area contributed by atoms with Crippen LogP contribution in [0.5, 0.6) is 0 Å². The van der Waals surface area contributed by atoms with Crippen LogP contribution in [0.2, 0.25) is 0 Å². The molecule has 0 saturated heterocycles. The second-order valence-electron chi connectivity index (χ2n) is 5.80. The first-order valence-corrected chi connectivity index (χ1v) is 10.6. The van der Waals surface area contributed by atoms with Gasteiger partial charge in [-0.2, -0.15) is 24.5 Å². The lowest BCUT2D eigenvalue weighted by Crippen LogP contribution is -2.46. The van der Waals surface area contributed by atoms with Gasteiger partial charge in [-0.15, -0.1) is 0 Å². The van der Waals surface area contributed by atoms with E-state index in [-0.39, 0.29) is 4.75 Å². The van der Waals surface area contributed by atoms with Crippen LogP contribution in [0.15, 0.2) is 0 Å². The number of nitrogens with one attached hydrogen (secondary N) is 2. The molecular weight excluding hydrogens is 306 g/mol. The van der Waals surface area contributed by atoms with E-state index in [1.54, 1.807) is 7.05 Å². The van der Waals surface area contributed by atoms with Crippen molar-refractivity contribution >= 4 is 22.0 Å². The minimum Gasteiger partial charge on any atom is -0.317 e. The van der Waals surface area contributed by atoms with Gasteiger partial charge in [0.1, 0.15) is 0 Å². The van der Waals surface area contributed by atoms with Crippen LogP contribution in [0, 0.1) is 0 Å². The summed E-state index contributed by atoms with van der Waals surface area (Å²) in [6, 6.07) is 0. The van der Waals surface area contributed by atoms with Crippen LogP contribution < -0.4 is 10.0 Å². The van der Waals surface area contributed by atoms with Crippen LogP contribution in [0.4, 0.5) is 0 Å². The second kappa shape index (κ2) is 9.35. The highest BCUT2D eigenvalue weighted by atomic mass is 32.2. The molecule has 1 aliphatic carbocycles. The van der Waals surface area contributed by atoms with Gasteiger partial charge in [0.05, 0.1) is 0 Å². The van der Waals surface area contributed by atoms with Crippen molar-refractivity contribution in [3.05, 3.63) is 0 Å². The molecule has 1 saturated carbocycles. The summed E-state index contributed by atoms with van der Waals surface area (Å²) in [5.74, 6) is 0. The van der Waals surface area contributed by atoms with Crippen molar-refractivity contribution in [2.75, 3.05) is 39.5 Å². The van der Waals surface area contributed by atoms with Crippen LogP contribution in [0.1, 0.15) is 45.4 Å². The highest BCUT2D eigenvalue weighted by Crippen LogP contribution is 2.38. The first-order chi connectivity index (χ1) is 9.96. The van der Waals surface area contributed by atoms with Crippen LogP contribution in [-0.2, 0) is 10.2 Å². The molecule has 0 atom stereocenters. The van der Waals surface area contributed by atoms with Gasteiger partial charge in [-0.05, 0) is 38.6 Å².